The number of halogens is 3. The monoisotopic (exact) mass is 207 g/mol. The summed E-state index contributed by atoms with van der Waals surface area (Å²) >= 11 is 0. The Kier molecular flexibility index (Phi) is 2.90. The molecule has 0 aliphatic rings. The molecule has 14 heavy (non-hydrogen) atoms. The normalized spacial score (nSPS) is 9.93. The Morgan fingerprint density at radius 1 is 1.36 bits per heavy atom. The minimum atomic E-state index is -1.35. The van der Waals surface area contributed by atoms with Gasteiger partial charge in [-0.15, -0.1) is 0 Å². The maximum atomic E-state index is 12.7. The summed E-state index contributed by atoms with van der Waals surface area (Å²) < 4.78 is 41.1. The van der Waals surface area contributed by atoms with Crippen molar-refractivity contribution in [3.8, 4) is 5.75 Å². The van der Waals surface area contributed by atoms with Gasteiger partial charge in [-0.1, -0.05) is 0 Å². The van der Waals surface area contributed by atoms with E-state index in [9.17, 15) is 23.3 Å². The summed E-state index contributed by atoms with van der Waals surface area (Å²) in [4.78, 5) is 9.13. The smallest absolute Gasteiger partial charge is 0.308 e. The zero-order valence-corrected chi connectivity index (χ0v) is 6.67. The first-order valence-electron chi connectivity index (χ1n) is 3.38. The molecule has 0 atom stereocenters. The van der Waals surface area contributed by atoms with Crippen molar-refractivity contribution in [2.75, 3.05) is 6.86 Å². The van der Waals surface area contributed by atoms with Crippen LogP contribution in [0.25, 0.3) is 0 Å². The van der Waals surface area contributed by atoms with E-state index in [2.05, 4.69) is 4.74 Å². The number of hydrogen-bond donors (Lipinski definition) is 0. The Morgan fingerprint density at radius 2 is 2.00 bits per heavy atom. The Bertz CT molecular complexity index is 369. The van der Waals surface area contributed by atoms with Crippen LogP contribution in [-0.4, -0.2) is 11.8 Å². The molecular weight excluding hydrogens is 203 g/mol. The van der Waals surface area contributed by atoms with Crippen LogP contribution in [0.1, 0.15) is 0 Å². The number of alkyl halides is 1. The second-order valence-electron chi connectivity index (χ2n) is 2.24. The van der Waals surface area contributed by atoms with Gasteiger partial charge in [0.1, 0.15) is 0 Å². The standard InChI is InChI=1S/C7H4F3NO3/c8-3-14-7-2-6(11(12)13)4(9)1-5(7)10/h1-2H,3H2. The average molecular weight is 207 g/mol. The molecule has 0 spiro atoms. The summed E-state index contributed by atoms with van der Waals surface area (Å²) in [7, 11) is 0. The lowest BCUT2D eigenvalue weighted by atomic mass is 10.3. The van der Waals surface area contributed by atoms with Crippen molar-refractivity contribution in [2.24, 2.45) is 0 Å². The highest BCUT2D eigenvalue weighted by Crippen LogP contribution is 2.26. The molecule has 0 N–H and O–H groups in total. The first-order valence-corrected chi connectivity index (χ1v) is 3.38. The predicted molar refractivity (Wildman–Crippen MR) is 39.6 cm³/mol. The van der Waals surface area contributed by atoms with Gasteiger partial charge in [-0.3, -0.25) is 10.1 Å². The van der Waals surface area contributed by atoms with Gasteiger partial charge in [-0.05, 0) is 0 Å². The second-order valence-corrected chi connectivity index (χ2v) is 2.24. The third-order valence-corrected chi connectivity index (χ3v) is 1.41. The van der Waals surface area contributed by atoms with Gasteiger partial charge in [0.05, 0.1) is 11.0 Å². The number of nitro groups is 1. The Labute approximate surface area is 76.1 Å². The van der Waals surface area contributed by atoms with Gasteiger partial charge in [0.2, 0.25) is 12.7 Å². The molecule has 0 unspecified atom stereocenters. The molecular formula is C7H4F3NO3. The van der Waals surface area contributed by atoms with Crippen molar-refractivity contribution in [1.29, 1.82) is 0 Å². The fourth-order valence-electron chi connectivity index (χ4n) is 0.828. The molecule has 0 saturated carbocycles. The van der Waals surface area contributed by atoms with Gasteiger partial charge in [-0.2, -0.15) is 4.39 Å². The molecule has 0 radical (unpaired) electrons. The minimum Gasteiger partial charge on any atom is -0.460 e. The molecule has 0 saturated heterocycles. The number of ether oxygens (including phenoxy) is 1. The highest BCUT2D eigenvalue weighted by molar-refractivity contribution is 5.40. The Morgan fingerprint density at radius 3 is 2.50 bits per heavy atom. The van der Waals surface area contributed by atoms with E-state index in [4.69, 9.17) is 0 Å². The number of nitrogens with zero attached hydrogens (tertiary/aromatic N) is 1. The van der Waals surface area contributed by atoms with Crippen molar-refractivity contribution in [1.82, 2.24) is 0 Å². The molecule has 0 heterocycles. The van der Waals surface area contributed by atoms with E-state index in [1.54, 1.807) is 0 Å². The van der Waals surface area contributed by atoms with Crippen LogP contribution in [0, 0.1) is 21.7 Å². The largest absolute Gasteiger partial charge is 0.460 e. The fourth-order valence-corrected chi connectivity index (χ4v) is 0.828. The van der Waals surface area contributed by atoms with Crippen molar-refractivity contribution in [3.05, 3.63) is 33.9 Å². The van der Waals surface area contributed by atoms with E-state index in [0.29, 0.717) is 6.07 Å². The first kappa shape index (κ1) is 10.3. The maximum Gasteiger partial charge on any atom is 0.308 e. The molecule has 0 fully saturated rings. The lowest BCUT2D eigenvalue weighted by Crippen LogP contribution is -1.98. The average Bonchev–Trinajstić information content (AvgIpc) is 2.09. The molecule has 0 bridgehead atoms. The number of nitro benzene ring substituents is 1. The summed E-state index contributed by atoms with van der Waals surface area (Å²) in [5, 5.41) is 10.2. The second kappa shape index (κ2) is 3.95. The van der Waals surface area contributed by atoms with Crippen molar-refractivity contribution >= 4 is 5.69 Å². The molecule has 0 aliphatic carbocycles. The number of benzene rings is 1. The summed E-state index contributed by atoms with van der Waals surface area (Å²) in [5.74, 6) is -3.22. The van der Waals surface area contributed by atoms with Gasteiger partial charge in [0.25, 0.3) is 0 Å². The summed E-state index contributed by atoms with van der Waals surface area (Å²) in [5.41, 5.74) is -0.963. The van der Waals surface area contributed by atoms with E-state index in [1.807, 2.05) is 0 Å². The number of hydrogen-bond acceptors (Lipinski definition) is 3. The lowest BCUT2D eigenvalue weighted by molar-refractivity contribution is -0.387. The van der Waals surface area contributed by atoms with Crippen molar-refractivity contribution in [2.45, 2.75) is 0 Å². The van der Waals surface area contributed by atoms with Gasteiger partial charge < -0.3 is 4.74 Å². The zero-order valence-electron chi connectivity index (χ0n) is 6.67. The fraction of sp³-hybridized carbons (Fsp3) is 0.143. The Balaban J connectivity index is 3.20. The zero-order chi connectivity index (χ0) is 10.7. The summed E-state index contributed by atoms with van der Waals surface area (Å²) in [6.45, 7) is -1.35. The highest BCUT2D eigenvalue weighted by Gasteiger charge is 2.19. The van der Waals surface area contributed by atoms with Crippen molar-refractivity contribution in [3.63, 3.8) is 0 Å². The van der Waals surface area contributed by atoms with Crippen LogP contribution in [0.3, 0.4) is 0 Å². The highest BCUT2D eigenvalue weighted by atomic mass is 19.1. The summed E-state index contributed by atoms with van der Waals surface area (Å²) in [6.07, 6.45) is 0. The van der Waals surface area contributed by atoms with Gasteiger partial charge in [0.15, 0.2) is 11.6 Å². The Hall–Kier alpha value is -1.79. The molecule has 0 amide bonds. The van der Waals surface area contributed by atoms with E-state index >= 15 is 0 Å². The van der Waals surface area contributed by atoms with Crippen LogP contribution in [-0.2, 0) is 0 Å². The molecule has 1 aromatic carbocycles. The van der Waals surface area contributed by atoms with Gasteiger partial charge >= 0.3 is 5.69 Å². The predicted octanol–water partition coefficient (Wildman–Crippen LogP) is 2.18. The maximum absolute atomic E-state index is 12.7. The van der Waals surface area contributed by atoms with Crippen molar-refractivity contribution < 1.29 is 22.8 Å². The molecule has 4 nitrogen and oxygen atoms in total. The third-order valence-electron chi connectivity index (χ3n) is 1.41. The van der Waals surface area contributed by atoms with Crippen LogP contribution >= 0.6 is 0 Å². The van der Waals surface area contributed by atoms with E-state index < -0.39 is 34.9 Å². The van der Waals surface area contributed by atoms with Gasteiger partial charge in [0, 0.05) is 6.07 Å². The molecule has 0 aliphatic heterocycles. The SMILES string of the molecule is O=[N+]([O-])c1cc(OCF)c(F)cc1F. The van der Waals surface area contributed by atoms with Crippen LogP contribution < -0.4 is 4.74 Å². The van der Waals surface area contributed by atoms with Crippen LogP contribution in [0.4, 0.5) is 18.9 Å². The van der Waals surface area contributed by atoms with E-state index in [1.165, 1.54) is 0 Å². The third kappa shape index (κ3) is 1.93. The minimum absolute atomic E-state index is 0.267. The quantitative estimate of drug-likeness (QED) is 0.563. The molecule has 1 aromatic rings. The van der Waals surface area contributed by atoms with Crippen LogP contribution in [0.15, 0.2) is 12.1 Å². The van der Waals surface area contributed by atoms with E-state index in [0.717, 1.165) is 0 Å². The number of rotatable bonds is 3. The molecule has 0 aromatic heterocycles. The first-order chi connectivity index (χ1) is 6.56. The lowest BCUT2D eigenvalue weighted by Gasteiger charge is -2.02. The molecule has 1 rings (SSSR count). The topological polar surface area (TPSA) is 52.4 Å². The summed E-state index contributed by atoms with van der Waals surface area (Å²) in [6, 6.07) is 0.757. The molecule has 7 heteroatoms. The van der Waals surface area contributed by atoms with Gasteiger partial charge in [-0.25, -0.2) is 8.78 Å². The van der Waals surface area contributed by atoms with Crippen LogP contribution in [0.2, 0.25) is 0 Å². The van der Waals surface area contributed by atoms with Crippen LogP contribution in [0.5, 0.6) is 5.75 Å². The van der Waals surface area contributed by atoms with E-state index in [-0.39, 0.29) is 6.07 Å². The molecule has 76 valence electrons.